The van der Waals surface area contributed by atoms with Gasteiger partial charge in [0.1, 0.15) is 0 Å². The van der Waals surface area contributed by atoms with Crippen molar-refractivity contribution >= 4 is 17.1 Å². The topological polar surface area (TPSA) is 89.5 Å². The molecule has 0 amide bonds. The Kier molecular flexibility index (Phi) is 5.23. The Labute approximate surface area is 111 Å². The first-order valence-corrected chi connectivity index (χ1v) is 6.19. The fourth-order valence-corrected chi connectivity index (χ4v) is 2.01. The highest BCUT2D eigenvalue weighted by atomic mass is 16.6. The maximum atomic E-state index is 11.1. The molecule has 0 saturated carbocycles. The molecule has 0 radical (unpaired) electrons. The normalized spacial score (nSPS) is 10.2. The number of para-hydroxylation sites is 1. The lowest BCUT2D eigenvalue weighted by atomic mass is 10.2. The molecule has 1 aromatic rings. The molecule has 0 aliphatic heterocycles. The Morgan fingerprint density at radius 3 is 1.74 bits per heavy atom. The number of rotatable bonds is 7. The molecule has 0 heterocycles. The van der Waals surface area contributed by atoms with Crippen LogP contribution in [0.25, 0.3) is 0 Å². The minimum atomic E-state index is -0.569. The summed E-state index contributed by atoms with van der Waals surface area (Å²) in [5.41, 5.74) is -0.312. The summed E-state index contributed by atoms with van der Waals surface area (Å²) in [5, 5.41) is 22.1. The van der Waals surface area contributed by atoms with E-state index in [1.165, 1.54) is 18.2 Å². The number of hydrogen-bond donors (Lipinski definition) is 0. The molecule has 0 aromatic heterocycles. The van der Waals surface area contributed by atoms with Crippen LogP contribution in [0.5, 0.6) is 0 Å². The summed E-state index contributed by atoms with van der Waals surface area (Å²) >= 11 is 0. The fraction of sp³-hybridized carbons (Fsp3) is 0.500. The zero-order chi connectivity index (χ0) is 14.4. The lowest BCUT2D eigenvalue weighted by Crippen LogP contribution is -2.26. The van der Waals surface area contributed by atoms with E-state index < -0.39 is 9.85 Å². The predicted molar refractivity (Wildman–Crippen MR) is 72.5 cm³/mol. The summed E-state index contributed by atoms with van der Waals surface area (Å²) in [5.74, 6) is 0. The SMILES string of the molecule is CCCN(CCC)c1c([N+](=O)[O-])cccc1[N+](=O)[O-]. The highest BCUT2D eigenvalue weighted by Gasteiger charge is 2.28. The summed E-state index contributed by atoms with van der Waals surface area (Å²) < 4.78 is 0. The van der Waals surface area contributed by atoms with Crippen LogP contribution >= 0.6 is 0 Å². The van der Waals surface area contributed by atoms with Gasteiger partial charge in [0.05, 0.1) is 9.85 Å². The van der Waals surface area contributed by atoms with Crippen molar-refractivity contribution in [3.63, 3.8) is 0 Å². The largest absolute Gasteiger partial charge is 0.360 e. The van der Waals surface area contributed by atoms with Crippen molar-refractivity contribution < 1.29 is 9.85 Å². The molecule has 0 bridgehead atoms. The summed E-state index contributed by atoms with van der Waals surface area (Å²) in [6.45, 7) is 4.98. The number of nitro groups is 2. The standard InChI is InChI=1S/C12H17N3O4/c1-3-8-13(9-4-2)12-10(14(16)17)6-5-7-11(12)15(18)19/h5-7H,3-4,8-9H2,1-2H3. The Bertz CT molecular complexity index is 438. The van der Waals surface area contributed by atoms with Gasteiger partial charge in [-0.05, 0) is 18.9 Å². The van der Waals surface area contributed by atoms with E-state index in [4.69, 9.17) is 0 Å². The fourth-order valence-electron chi connectivity index (χ4n) is 2.01. The van der Waals surface area contributed by atoms with Gasteiger partial charge in [0.15, 0.2) is 5.69 Å². The molecule has 0 saturated heterocycles. The maximum absolute atomic E-state index is 11.1. The van der Waals surface area contributed by atoms with E-state index in [1.54, 1.807) is 4.90 Å². The first-order valence-electron chi connectivity index (χ1n) is 6.19. The summed E-state index contributed by atoms with van der Waals surface area (Å²) in [7, 11) is 0. The third-order valence-corrected chi connectivity index (χ3v) is 2.69. The Hall–Kier alpha value is -2.18. The van der Waals surface area contributed by atoms with Crippen molar-refractivity contribution in [2.24, 2.45) is 0 Å². The maximum Gasteiger partial charge on any atom is 0.299 e. The van der Waals surface area contributed by atoms with E-state index in [0.717, 1.165) is 12.8 Å². The van der Waals surface area contributed by atoms with Crippen LogP contribution in [0.15, 0.2) is 18.2 Å². The van der Waals surface area contributed by atoms with Crippen molar-refractivity contribution in [1.82, 2.24) is 0 Å². The van der Waals surface area contributed by atoms with Gasteiger partial charge in [-0.2, -0.15) is 0 Å². The molecule has 19 heavy (non-hydrogen) atoms. The highest BCUT2D eigenvalue weighted by Crippen LogP contribution is 2.37. The minimum absolute atomic E-state index is 0.112. The van der Waals surface area contributed by atoms with Crippen molar-refractivity contribution in [3.8, 4) is 0 Å². The highest BCUT2D eigenvalue weighted by molar-refractivity contribution is 5.74. The van der Waals surface area contributed by atoms with Crippen LogP contribution in [0.1, 0.15) is 26.7 Å². The van der Waals surface area contributed by atoms with Crippen LogP contribution in [-0.2, 0) is 0 Å². The average molecular weight is 267 g/mol. The Morgan fingerprint density at radius 2 is 1.42 bits per heavy atom. The molecular weight excluding hydrogens is 250 g/mol. The molecule has 0 aliphatic carbocycles. The molecule has 0 N–H and O–H groups in total. The monoisotopic (exact) mass is 267 g/mol. The first-order chi connectivity index (χ1) is 9.02. The smallest absolute Gasteiger partial charge is 0.299 e. The molecule has 0 spiro atoms. The van der Waals surface area contributed by atoms with Crippen molar-refractivity contribution in [1.29, 1.82) is 0 Å². The summed E-state index contributed by atoms with van der Waals surface area (Å²) in [4.78, 5) is 22.7. The van der Waals surface area contributed by atoms with Gasteiger partial charge in [0.2, 0.25) is 0 Å². The Morgan fingerprint density at radius 1 is 1.00 bits per heavy atom. The molecule has 0 unspecified atom stereocenters. The quantitative estimate of drug-likeness (QED) is 0.559. The van der Waals surface area contributed by atoms with E-state index in [-0.39, 0.29) is 17.1 Å². The second-order valence-corrected chi connectivity index (χ2v) is 4.15. The zero-order valence-electron chi connectivity index (χ0n) is 11.0. The lowest BCUT2D eigenvalue weighted by Gasteiger charge is -2.22. The molecule has 104 valence electrons. The van der Waals surface area contributed by atoms with E-state index in [0.29, 0.717) is 13.1 Å². The average Bonchev–Trinajstić information content (AvgIpc) is 2.37. The molecule has 0 atom stereocenters. The van der Waals surface area contributed by atoms with Crippen LogP contribution < -0.4 is 4.90 Å². The minimum Gasteiger partial charge on any atom is -0.360 e. The number of anilines is 1. The van der Waals surface area contributed by atoms with Gasteiger partial charge in [-0.1, -0.05) is 13.8 Å². The molecule has 7 heteroatoms. The van der Waals surface area contributed by atoms with E-state index in [2.05, 4.69) is 0 Å². The first kappa shape index (κ1) is 14.9. The van der Waals surface area contributed by atoms with Gasteiger partial charge in [-0.3, -0.25) is 20.2 Å². The number of nitro benzene ring substituents is 2. The molecule has 1 aromatic carbocycles. The van der Waals surface area contributed by atoms with Crippen molar-refractivity contribution in [2.45, 2.75) is 26.7 Å². The van der Waals surface area contributed by atoms with Crippen LogP contribution in [0, 0.1) is 20.2 Å². The van der Waals surface area contributed by atoms with Gasteiger partial charge in [-0.15, -0.1) is 0 Å². The van der Waals surface area contributed by atoms with Crippen molar-refractivity contribution in [2.75, 3.05) is 18.0 Å². The zero-order valence-corrected chi connectivity index (χ0v) is 11.0. The molecule has 1 rings (SSSR count). The number of benzene rings is 1. The molecule has 0 fully saturated rings. The third kappa shape index (κ3) is 3.40. The number of hydrogen-bond acceptors (Lipinski definition) is 5. The third-order valence-electron chi connectivity index (χ3n) is 2.69. The summed E-state index contributed by atoms with van der Waals surface area (Å²) in [6, 6.07) is 3.96. The van der Waals surface area contributed by atoms with E-state index >= 15 is 0 Å². The van der Waals surface area contributed by atoms with Crippen LogP contribution in [-0.4, -0.2) is 22.9 Å². The predicted octanol–water partition coefficient (Wildman–Crippen LogP) is 3.13. The van der Waals surface area contributed by atoms with E-state index in [9.17, 15) is 20.2 Å². The second kappa shape index (κ2) is 6.67. The molecule has 0 aliphatic rings. The summed E-state index contributed by atoms with van der Waals surface area (Å²) in [6.07, 6.45) is 1.53. The van der Waals surface area contributed by atoms with Gasteiger partial charge >= 0.3 is 0 Å². The van der Waals surface area contributed by atoms with Crippen LogP contribution in [0.3, 0.4) is 0 Å². The number of nitrogens with zero attached hydrogens (tertiary/aromatic N) is 3. The van der Waals surface area contributed by atoms with Crippen LogP contribution in [0.4, 0.5) is 17.1 Å². The van der Waals surface area contributed by atoms with Gasteiger partial charge in [0, 0.05) is 25.2 Å². The van der Waals surface area contributed by atoms with E-state index in [1.807, 2.05) is 13.8 Å². The van der Waals surface area contributed by atoms with Gasteiger partial charge < -0.3 is 4.90 Å². The van der Waals surface area contributed by atoms with Crippen molar-refractivity contribution in [3.05, 3.63) is 38.4 Å². The van der Waals surface area contributed by atoms with Crippen LogP contribution in [0.2, 0.25) is 0 Å². The van der Waals surface area contributed by atoms with Gasteiger partial charge in [0.25, 0.3) is 11.4 Å². The molecule has 7 nitrogen and oxygen atoms in total. The molecular formula is C12H17N3O4. The Balaban J connectivity index is 3.40. The second-order valence-electron chi connectivity index (χ2n) is 4.15. The van der Waals surface area contributed by atoms with Gasteiger partial charge in [-0.25, -0.2) is 0 Å². The lowest BCUT2D eigenvalue weighted by molar-refractivity contribution is -0.392.